The standard InChI is InChI=1S/C19H24N6O3S/c1-24-8-9-25(11-16(24)26)29(27,28)19-21-18(22-23-19)20-17-14-6-2-4-12(14)10-13-5-3-7-15(13)17/h10H,2-9,11H2,1H3,(H2,20,21,22,23). The number of amides is 1. The number of aromatic nitrogens is 3. The van der Waals surface area contributed by atoms with Crippen LogP contribution in [-0.2, 0) is 40.5 Å². The Kier molecular flexibility index (Phi) is 4.36. The number of aryl methyl sites for hydroxylation is 2. The van der Waals surface area contributed by atoms with Crippen molar-refractivity contribution in [3.05, 3.63) is 28.3 Å². The minimum atomic E-state index is -3.90. The number of H-pyrrole nitrogens is 1. The molecular formula is C19H24N6O3S. The number of benzene rings is 1. The minimum Gasteiger partial charge on any atom is -0.343 e. The number of nitrogens with one attached hydrogen (secondary N) is 2. The van der Waals surface area contributed by atoms with Crippen LogP contribution in [0.4, 0.5) is 11.6 Å². The summed E-state index contributed by atoms with van der Waals surface area (Å²) in [6.45, 7) is 0.426. The van der Waals surface area contributed by atoms with Crippen LogP contribution in [0.15, 0.2) is 11.2 Å². The highest BCUT2D eigenvalue weighted by Crippen LogP contribution is 2.39. The van der Waals surface area contributed by atoms with E-state index in [4.69, 9.17) is 0 Å². The van der Waals surface area contributed by atoms with Gasteiger partial charge in [0.2, 0.25) is 11.9 Å². The van der Waals surface area contributed by atoms with Crippen molar-refractivity contribution in [3.8, 4) is 0 Å². The van der Waals surface area contributed by atoms with Crippen molar-refractivity contribution in [2.45, 2.75) is 43.7 Å². The molecule has 2 heterocycles. The second kappa shape index (κ2) is 6.81. The van der Waals surface area contributed by atoms with Gasteiger partial charge in [-0.15, -0.1) is 10.2 Å². The normalized spacial score (nSPS) is 19.5. The van der Waals surface area contributed by atoms with Crippen LogP contribution < -0.4 is 5.32 Å². The molecule has 9 nitrogen and oxygen atoms in total. The number of aromatic amines is 1. The summed E-state index contributed by atoms with van der Waals surface area (Å²) in [5.41, 5.74) is 6.47. The molecule has 0 atom stereocenters. The van der Waals surface area contributed by atoms with E-state index in [0.717, 1.165) is 48.5 Å². The number of sulfonamides is 1. The van der Waals surface area contributed by atoms with Gasteiger partial charge in [0.15, 0.2) is 0 Å². The van der Waals surface area contributed by atoms with Gasteiger partial charge in [0.25, 0.3) is 15.2 Å². The first kappa shape index (κ1) is 18.6. The molecule has 0 spiro atoms. The Bertz CT molecular complexity index is 1060. The summed E-state index contributed by atoms with van der Waals surface area (Å²) >= 11 is 0. The van der Waals surface area contributed by atoms with Gasteiger partial charge in [-0.3, -0.25) is 9.78 Å². The predicted molar refractivity (Wildman–Crippen MR) is 107 cm³/mol. The van der Waals surface area contributed by atoms with Gasteiger partial charge >= 0.3 is 0 Å². The Labute approximate surface area is 169 Å². The van der Waals surface area contributed by atoms with E-state index in [0.29, 0.717) is 12.5 Å². The molecule has 1 aromatic carbocycles. The number of anilines is 2. The monoisotopic (exact) mass is 416 g/mol. The average molecular weight is 417 g/mol. The smallest absolute Gasteiger partial charge is 0.279 e. The zero-order chi connectivity index (χ0) is 20.2. The van der Waals surface area contributed by atoms with Gasteiger partial charge in [-0.2, -0.15) is 4.31 Å². The third-order valence-corrected chi connectivity index (χ3v) is 7.85. The van der Waals surface area contributed by atoms with Gasteiger partial charge in [-0.25, -0.2) is 8.42 Å². The Morgan fingerprint density at radius 3 is 2.38 bits per heavy atom. The van der Waals surface area contributed by atoms with Crippen molar-refractivity contribution in [2.75, 3.05) is 32.0 Å². The molecule has 1 amide bonds. The highest BCUT2D eigenvalue weighted by molar-refractivity contribution is 7.89. The first-order chi connectivity index (χ1) is 13.9. The lowest BCUT2D eigenvalue weighted by Gasteiger charge is -2.30. The number of likely N-dealkylation sites (N-methyl/N-ethyl adjacent to an activating group) is 1. The first-order valence-corrected chi connectivity index (χ1v) is 11.5. The summed E-state index contributed by atoms with van der Waals surface area (Å²) < 4.78 is 26.9. The zero-order valence-corrected chi connectivity index (χ0v) is 17.2. The minimum absolute atomic E-state index is 0.179. The Morgan fingerprint density at radius 2 is 1.72 bits per heavy atom. The Balaban J connectivity index is 1.43. The molecule has 2 N–H and O–H groups in total. The molecule has 0 unspecified atom stereocenters. The van der Waals surface area contributed by atoms with Crippen molar-refractivity contribution in [1.29, 1.82) is 0 Å². The van der Waals surface area contributed by atoms with Gasteiger partial charge in [-0.1, -0.05) is 6.07 Å². The van der Waals surface area contributed by atoms with E-state index in [2.05, 4.69) is 26.6 Å². The van der Waals surface area contributed by atoms with Crippen molar-refractivity contribution in [1.82, 2.24) is 24.4 Å². The summed E-state index contributed by atoms with van der Waals surface area (Å²) in [7, 11) is -2.23. The third kappa shape index (κ3) is 3.10. The van der Waals surface area contributed by atoms with E-state index in [1.165, 1.54) is 27.2 Å². The summed E-state index contributed by atoms with van der Waals surface area (Å²) in [5, 5.41) is 11.0. The molecule has 5 rings (SSSR count). The maximum absolute atomic E-state index is 12.9. The summed E-state index contributed by atoms with van der Waals surface area (Å²) in [4.78, 5) is 16.3. The SMILES string of the molecule is CN1CCN(S(=O)(=O)c2nnc(Nc3c4c(cc5c3CCC5)CCC4)[nH]2)CC1=O. The number of fused-ring (bicyclic) bond motifs is 2. The lowest BCUT2D eigenvalue weighted by molar-refractivity contribution is -0.132. The maximum atomic E-state index is 12.9. The quantitative estimate of drug-likeness (QED) is 0.769. The summed E-state index contributed by atoms with van der Waals surface area (Å²) in [5.74, 6) is 0.0894. The molecule has 29 heavy (non-hydrogen) atoms. The van der Waals surface area contributed by atoms with E-state index >= 15 is 0 Å². The number of hydrogen-bond acceptors (Lipinski definition) is 6. The van der Waals surface area contributed by atoms with Crippen LogP contribution in [0.1, 0.15) is 35.1 Å². The van der Waals surface area contributed by atoms with Crippen LogP contribution in [-0.4, -0.2) is 65.4 Å². The molecule has 2 aromatic rings. The molecule has 10 heteroatoms. The van der Waals surface area contributed by atoms with Crippen molar-refractivity contribution in [2.24, 2.45) is 0 Å². The lowest BCUT2D eigenvalue weighted by atomic mass is 9.99. The molecule has 0 bridgehead atoms. The topological polar surface area (TPSA) is 111 Å². The number of carbonyl (C=O) groups excluding carboxylic acids is 1. The van der Waals surface area contributed by atoms with Gasteiger partial charge in [-0.05, 0) is 60.8 Å². The van der Waals surface area contributed by atoms with Gasteiger partial charge in [0.1, 0.15) is 0 Å². The number of nitrogens with zero attached hydrogens (tertiary/aromatic N) is 4. The fourth-order valence-electron chi connectivity index (χ4n) is 4.57. The van der Waals surface area contributed by atoms with E-state index in [9.17, 15) is 13.2 Å². The zero-order valence-electron chi connectivity index (χ0n) is 16.4. The molecule has 3 aliphatic rings. The fraction of sp³-hybridized carbons (Fsp3) is 0.526. The van der Waals surface area contributed by atoms with Gasteiger partial charge < -0.3 is 10.2 Å². The van der Waals surface area contributed by atoms with Crippen LogP contribution >= 0.6 is 0 Å². The lowest BCUT2D eigenvalue weighted by Crippen LogP contribution is -2.50. The largest absolute Gasteiger partial charge is 0.343 e. The third-order valence-electron chi connectivity index (χ3n) is 6.19. The van der Waals surface area contributed by atoms with Crippen molar-refractivity contribution >= 4 is 27.6 Å². The molecule has 1 fully saturated rings. The number of rotatable bonds is 4. The van der Waals surface area contributed by atoms with Crippen LogP contribution in [0.25, 0.3) is 0 Å². The van der Waals surface area contributed by atoms with Crippen LogP contribution in [0.2, 0.25) is 0 Å². The number of carbonyl (C=O) groups is 1. The molecule has 0 radical (unpaired) electrons. The average Bonchev–Trinajstić information content (AvgIpc) is 3.43. The van der Waals surface area contributed by atoms with E-state index in [1.807, 2.05) is 0 Å². The van der Waals surface area contributed by atoms with Crippen molar-refractivity contribution < 1.29 is 13.2 Å². The molecular weight excluding hydrogens is 392 g/mol. The highest BCUT2D eigenvalue weighted by atomic mass is 32.2. The van der Waals surface area contributed by atoms with Crippen LogP contribution in [0, 0.1) is 0 Å². The van der Waals surface area contributed by atoms with Gasteiger partial charge in [0.05, 0.1) is 6.54 Å². The number of hydrogen-bond donors (Lipinski definition) is 2. The van der Waals surface area contributed by atoms with E-state index in [-0.39, 0.29) is 24.2 Å². The first-order valence-electron chi connectivity index (χ1n) is 10.0. The molecule has 2 aliphatic carbocycles. The predicted octanol–water partition coefficient (Wildman–Crippen LogP) is 0.988. The molecule has 1 aliphatic heterocycles. The molecule has 1 saturated heterocycles. The Morgan fingerprint density at radius 1 is 1.03 bits per heavy atom. The highest BCUT2D eigenvalue weighted by Gasteiger charge is 2.34. The van der Waals surface area contributed by atoms with Crippen LogP contribution in [0.5, 0.6) is 0 Å². The summed E-state index contributed by atoms with van der Waals surface area (Å²) in [6, 6.07) is 2.34. The second-order valence-electron chi connectivity index (χ2n) is 7.99. The maximum Gasteiger partial charge on any atom is 0.279 e. The second-order valence-corrected chi connectivity index (χ2v) is 9.84. The molecule has 1 aromatic heterocycles. The van der Waals surface area contributed by atoms with E-state index < -0.39 is 10.0 Å². The van der Waals surface area contributed by atoms with Gasteiger partial charge in [0, 0.05) is 25.8 Å². The van der Waals surface area contributed by atoms with Crippen LogP contribution in [0.3, 0.4) is 0 Å². The fourth-order valence-corrected chi connectivity index (χ4v) is 5.79. The summed E-state index contributed by atoms with van der Waals surface area (Å²) in [6.07, 6.45) is 6.50. The van der Waals surface area contributed by atoms with E-state index in [1.54, 1.807) is 7.05 Å². The molecule has 154 valence electrons. The Hall–Kier alpha value is -2.46. The molecule has 0 saturated carbocycles. The van der Waals surface area contributed by atoms with Crippen molar-refractivity contribution in [3.63, 3.8) is 0 Å². The number of piperazine rings is 1.